The summed E-state index contributed by atoms with van der Waals surface area (Å²) >= 11 is 0. The zero-order chi connectivity index (χ0) is 20.0. The Hall–Kier alpha value is -3.42. The van der Waals surface area contributed by atoms with Gasteiger partial charge in [0.2, 0.25) is 0 Å². The van der Waals surface area contributed by atoms with Crippen molar-refractivity contribution in [3.05, 3.63) is 63.7 Å². The molecule has 0 aliphatic carbocycles. The maximum atomic E-state index is 12.0. The van der Waals surface area contributed by atoms with Crippen LogP contribution < -0.4 is 10.1 Å². The molecular weight excluding hydrogens is 352 g/mol. The van der Waals surface area contributed by atoms with Crippen molar-refractivity contribution in [1.82, 2.24) is 0 Å². The van der Waals surface area contributed by atoms with Gasteiger partial charge in [-0.15, -0.1) is 0 Å². The summed E-state index contributed by atoms with van der Waals surface area (Å²) in [4.78, 5) is 34.1. The molecule has 0 saturated carbocycles. The van der Waals surface area contributed by atoms with Crippen LogP contribution in [-0.2, 0) is 9.53 Å². The first-order valence-electron chi connectivity index (χ1n) is 8.25. The Balaban J connectivity index is 1.89. The average molecular weight is 372 g/mol. The highest BCUT2D eigenvalue weighted by atomic mass is 16.6. The summed E-state index contributed by atoms with van der Waals surface area (Å²) in [5, 5.41) is 13.4. The second-order valence-corrected chi connectivity index (χ2v) is 6.07. The largest absolute Gasteiger partial charge is 0.484 e. The summed E-state index contributed by atoms with van der Waals surface area (Å²) in [7, 11) is 0. The molecule has 2 aromatic carbocycles. The molecule has 8 heteroatoms. The maximum Gasteiger partial charge on any atom is 0.338 e. The highest BCUT2D eigenvalue weighted by Crippen LogP contribution is 2.23. The van der Waals surface area contributed by atoms with E-state index in [2.05, 4.69) is 5.32 Å². The number of anilines is 1. The van der Waals surface area contributed by atoms with Crippen LogP contribution in [0.2, 0.25) is 0 Å². The average Bonchev–Trinajstić information content (AvgIpc) is 2.59. The van der Waals surface area contributed by atoms with Crippen LogP contribution in [-0.4, -0.2) is 29.5 Å². The molecule has 142 valence electrons. The fourth-order valence-corrected chi connectivity index (χ4v) is 2.24. The van der Waals surface area contributed by atoms with Gasteiger partial charge in [-0.2, -0.15) is 0 Å². The number of carbonyl (C=O) groups excluding carboxylic acids is 2. The van der Waals surface area contributed by atoms with Crippen molar-refractivity contribution >= 4 is 23.3 Å². The molecule has 8 nitrogen and oxygen atoms in total. The van der Waals surface area contributed by atoms with E-state index in [1.165, 1.54) is 18.2 Å². The predicted molar refractivity (Wildman–Crippen MR) is 99.0 cm³/mol. The molecule has 0 aromatic heterocycles. The van der Waals surface area contributed by atoms with Gasteiger partial charge in [0, 0.05) is 17.3 Å². The highest BCUT2D eigenvalue weighted by Gasteiger charge is 2.12. The number of esters is 1. The number of amides is 1. The first kappa shape index (κ1) is 19.9. The van der Waals surface area contributed by atoms with Crippen LogP contribution in [0.15, 0.2) is 42.5 Å². The van der Waals surface area contributed by atoms with Gasteiger partial charge >= 0.3 is 5.97 Å². The minimum Gasteiger partial charge on any atom is -0.484 e. The molecule has 27 heavy (non-hydrogen) atoms. The molecule has 0 radical (unpaired) electrons. The lowest BCUT2D eigenvalue weighted by molar-refractivity contribution is -0.385. The minimum atomic E-state index is -0.480. The topological polar surface area (TPSA) is 108 Å². The number of carbonyl (C=O) groups is 2. The van der Waals surface area contributed by atoms with E-state index in [1.807, 2.05) is 0 Å². The smallest absolute Gasteiger partial charge is 0.338 e. The maximum absolute atomic E-state index is 12.0. The summed E-state index contributed by atoms with van der Waals surface area (Å²) in [6.07, 6.45) is -0.211. The number of rotatable bonds is 7. The SMILES string of the molecule is Cc1cc(OCC(=O)Nc2ccc(C(=O)OC(C)C)cc2)ccc1[N+](=O)[O-]. The molecule has 2 aromatic rings. The summed E-state index contributed by atoms with van der Waals surface area (Å²) in [5.41, 5.74) is 1.33. The van der Waals surface area contributed by atoms with Crippen LogP contribution in [0.1, 0.15) is 29.8 Å². The van der Waals surface area contributed by atoms with Gasteiger partial charge in [-0.1, -0.05) is 0 Å². The van der Waals surface area contributed by atoms with Crippen LogP contribution in [0, 0.1) is 17.0 Å². The zero-order valence-electron chi connectivity index (χ0n) is 15.2. The Bertz CT molecular complexity index is 846. The van der Waals surface area contributed by atoms with Crippen molar-refractivity contribution in [2.75, 3.05) is 11.9 Å². The molecule has 0 spiro atoms. The lowest BCUT2D eigenvalue weighted by atomic mass is 10.2. The van der Waals surface area contributed by atoms with E-state index < -0.39 is 16.8 Å². The summed E-state index contributed by atoms with van der Waals surface area (Å²) in [6.45, 7) is 4.86. The second kappa shape index (κ2) is 8.79. The van der Waals surface area contributed by atoms with Crippen molar-refractivity contribution in [3.8, 4) is 5.75 Å². The number of nitrogens with zero attached hydrogens (tertiary/aromatic N) is 1. The van der Waals surface area contributed by atoms with Crippen LogP contribution in [0.5, 0.6) is 5.75 Å². The second-order valence-electron chi connectivity index (χ2n) is 6.07. The van der Waals surface area contributed by atoms with E-state index >= 15 is 0 Å². The van der Waals surface area contributed by atoms with Gasteiger partial charge in [0.1, 0.15) is 5.75 Å². The summed E-state index contributed by atoms with van der Waals surface area (Å²) in [6, 6.07) is 10.6. The number of nitro benzene ring substituents is 1. The first-order valence-corrected chi connectivity index (χ1v) is 8.25. The van der Waals surface area contributed by atoms with Crippen molar-refractivity contribution in [3.63, 3.8) is 0 Å². The van der Waals surface area contributed by atoms with Gasteiger partial charge in [-0.05, 0) is 57.2 Å². The Morgan fingerprint density at radius 1 is 1.15 bits per heavy atom. The van der Waals surface area contributed by atoms with Gasteiger partial charge in [0.05, 0.1) is 16.6 Å². The van der Waals surface area contributed by atoms with E-state index in [1.54, 1.807) is 45.0 Å². The number of hydrogen-bond donors (Lipinski definition) is 1. The zero-order valence-corrected chi connectivity index (χ0v) is 15.2. The van der Waals surface area contributed by atoms with Gasteiger partial charge in [0.25, 0.3) is 11.6 Å². The number of nitrogens with one attached hydrogen (secondary N) is 1. The molecule has 1 amide bonds. The van der Waals surface area contributed by atoms with E-state index in [0.717, 1.165) is 0 Å². The fourth-order valence-electron chi connectivity index (χ4n) is 2.24. The fraction of sp³-hybridized carbons (Fsp3) is 0.263. The Morgan fingerprint density at radius 2 is 1.81 bits per heavy atom. The molecule has 0 unspecified atom stereocenters. The number of aryl methyl sites for hydroxylation is 1. The third-order valence-corrected chi connectivity index (χ3v) is 3.48. The van der Waals surface area contributed by atoms with Crippen LogP contribution in [0.25, 0.3) is 0 Å². The van der Waals surface area contributed by atoms with Crippen molar-refractivity contribution in [2.24, 2.45) is 0 Å². The number of benzene rings is 2. The van der Waals surface area contributed by atoms with Gasteiger partial charge in [0.15, 0.2) is 6.61 Å². The van der Waals surface area contributed by atoms with E-state index in [-0.39, 0.29) is 18.4 Å². The minimum absolute atomic E-state index is 0.0112. The highest BCUT2D eigenvalue weighted by molar-refractivity contribution is 5.93. The number of hydrogen-bond acceptors (Lipinski definition) is 6. The molecule has 0 bridgehead atoms. The summed E-state index contributed by atoms with van der Waals surface area (Å²) < 4.78 is 10.4. The standard InChI is InChI=1S/C19H20N2O6/c1-12(2)27-19(23)14-4-6-15(7-5-14)20-18(22)11-26-16-8-9-17(21(24)25)13(3)10-16/h4-10,12H,11H2,1-3H3,(H,20,22). The molecule has 0 aliphatic rings. The van der Waals surface area contributed by atoms with Crippen LogP contribution in [0.4, 0.5) is 11.4 Å². The van der Waals surface area contributed by atoms with E-state index in [4.69, 9.17) is 9.47 Å². The summed E-state index contributed by atoms with van der Waals surface area (Å²) in [5.74, 6) is -0.469. The lowest BCUT2D eigenvalue weighted by Crippen LogP contribution is -2.20. The quantitative estimate of drug-likeness (QED) is 0.453. The van der Waals surface area contributed by atoms with E-state index in [9.17, 15) is 19.7 Å². The third kappa shape index (κ3) is 5.81. The normalized spacial score (nSPS) is 10.4. The number of ether oxygens (including phenoxy) is 2. The predicted octanol–water partition coefficient (Wildman–Crippen LogP) is 3.49. The molecule has 0 fully saturated rings. The van der Waals surface area contributed by atoms with Gasteiger partial charge in [-0.3, -0.25) is 14.9 Å². The molecular formula is C19H20N2O6. The van der Waals surface area contributed by atoms with E-state index in [0.29, 0.717) is 22.6 Å². The molecule has 1 N–H and O–H groups in total. The lowest BCUT2D eigenvalue weighted by Gasteiger charge is -2.10. The Kier molecular flexibility index (Phi) is 6.48. The van der Waals surface area contributed by atoms with Crippen LogP contribution >= 0.6 is 0 Å². The molecule has 0 atom stereocenters. The third-order valence-electron chi connectivity index (χ3n) is 3.48. The molecule has 0 heterocycles. The van der Waals surface area contributed by atoms with Crippen LogP contribution in [0.3, 0.4) is 0 Å². The van der Waals surface area contributed by atoms with Crippen molar-refractivity contribution in [1.29, 1.82) is 0 Å². The molecule has 0 aliphatic heterocycles. The van der Waals surface area contributed by atoms with Crippen molar-refractivity contribution in [2.45, 2.75) is 26.9 Å². The molecule has 2 rings (SSSR count). The first-order chi connectivity index (χ1) is 12.8. The Morgan fingerprint density at radius 3 is 2.37 bits per heavy atom. The number of nitro groups is 1. The molecule has 0 saturated heterocycles. The monoisotopic (exact) mass is 372 g/mol. The van der Waals surface area contributed by atoms with Crippen molar-refractivity contribution < 1.29 is 24.0 Å². The Labute approximate surface area is 156 Å². The van der Waals surface area contributed by atoms with Gasteiger partial charge in [-0.25, -0.2) is 4.79 Å². The van der Waals surface area contributed by atoms with Gasteiger partial charge < -0.3 is 14.8 Å².